The van der Waals surface area contributed by atoms with E-state index in [0.717, 1.165) is 65.9 Å². The van der Waals surface area contributed by atoms with Crippen molar-refractivity contribution in [3.05, 3.63) is 83.6 Å². The van der Waals surface area contributed by atoms with Crippen molar-refractivity contribution >= 4 is 33.7 Å². The van der Waals surface area contributed by atoms with Gasteiger partial charge in [0.2, 0.25) is 0 Å². The Bertz CT molecular complexity index is 1730. The van der Waals surface area contributed by atoms with Crippen LogP contribution in [0.4, 0.5) is 0 Å². The van der Waals surface area contributed by atoms with Gasteiger partial charge in [0, 0.05) is 32.0 Å². The summed E-state index contributed by atoms with van der Waals surface area (Å²) in [5.74, 6) is 2.90. The second-order valence-corrected chi connectivity index (χ2v) is 11.3. The molecular weight excluding hydrogens is 540 g/mol. The maximum absolute atomic E-state index is 5.94. The van der Waals surface area contributed by atoms with Crippen LogP contribution in [-0.2, 0) is 0 Å². The third kappa shape index (κ3) is 3.99. The molecule has 6 nitrogen and oxygen atoms in total. The van der Waals surface area contributed by atoms with Crippen molar-refractivity contribution in [1.29, 1.82) is 0 Å². The Balaban J connectivity index is 1.43. The van der Waals surface area contributed by atoms with Crippen LogP contribution in [0.25, 0.3) is 54.4 Å². The van der Waals surface area contributed by atoms with Crippen LogP contribution in [0.2, 0.25) is 0 Å². The third-order valence-electron chi connectivity index (χ3n) is 7.03. The maximum Gasteiger partial charge on any atom is 0.162 e. The predicted octanol–water partition coefficient (Wildman–Crippen LogP) is 7.96. The lowest BCUT2D eigenvalue weighted by molar-refractivity contribution is 0.171. The molecule has 0 spiro atoms. The Labute approximate surface area is 238 Å². The zero-order chi connectivity index (χ0) is 26.5. The van der Waals surface area contributed by atoms with Crippen molar-refractivity contribution in [2.24, 2.45) is 0 Å². The van der Waals surface area contributed by atoms with Crippen LogP contribution in [0, 0.1) is 0 Å². The second kappa shape index (κ2) is 9.66. The van der Waals surface area contributed by atoms with Crippen molar-refractivity contribution < 1.29 is 18.9 Å². The molecule has 0 atom stereocenters. The fraction of sp³-hybridized carbons (Fsp3) is 0.125. The zero-order valence-corrected chi connectivity index (χ0v) is 22.9. The first-order valence-electron chi connectivity index (χ1n) is 13.0. The lowest BCUT2D eigenvalue weighted by Gasteiger charge is -2.21. The van der Waals surface area contributed by atoms with Gasteiger partial charge in [0.15, 0.2) is 23.0 Å². The van der Waals surface area contributed by atoms with E-state index in [0.29, 0.717) is 37.9 Å². The van der Waals surface area contributed by atoms with Gasteiger partial charge in [-0.15, -0.1) is 22.7 Å². The summed E-state index contributed by atoms with van der Waals surface area (Å²) < 4.78 is 23.5. The summed E-state index contributed by atoms with van der Waals surface area (Å²) in [6.07, 6.45) is 0. The lowest BCUT2D eigenvalue weighted by Crippen LogP contribution is -2.15. The summed E-state index contributed by atoms with van der Waals surface area (Å²) in [6, 6.07) is 24.7. The van der Waals surface area contributed by atoms with Crippen molar-refractivity contribution in [2.45, 2.75) is 0 Å². The summed E-state index contributed by atoms with van der Waals surface area (Å²) in [7, 11) is 0. The van der Waals surface area contributed by atoms with Crippen LogP contribution in [0.1, 0.15) is 0 Å². The quantitative estimate of drug-likeness (QED) is 0.217. The summed E-state index contributed by atoms with van der Waals surface area (Å²) in [4.78, 5) is 13.1. The number of benzene rings is 3. The SMILES string of the molecule is c1csc(-c2ccc(-c3cccs3)c3nc(-c4ccc5c(c4)OCCO5)c(-c4ccc5c(c4)OCCO5)nc23)c1. The van der Waals surface area contributed by atoms with Gasteiger partial charge in [0.25, 0.3) is 0 Å². The normalized spacial score (nSPS) is 13.9. The van der Waals surface area contributed by atoms with Gasteiger partial charge < -0.3 is 18.9 Å². The Hall–Kier alpha value is -4.40. The van der Waals surface area contributed by atoms with E-state index in [2.05, 4.69) is 47.2 Å². The number of hydrogen-bond acceptors (Lipinski definition) is 8. The molecule has 2 aliphatic rings. The molecule has 0 aliphatic carbocycles. The van der Waals surface area contributed by atoms with E-state index in [-0.39, 0.29) is 0 Å². The molecular formula is C32H22N2O4S2. The van der Waals surface area contributed by atoms with E-state index >= 15 is 0 Å². The summed E-state index contributed by atoms with van der Waals surface area (Å²) in [6.45, 7) is 2.11. The van der Waals surface area contributed by atoms with Crippen LogP contribution in [0.3, 0.4) is 0 Å². The molecule has 0 radical (unpaired) electrons. The van der Waals surface area contributed by atoms with E-state index < -0.39 is 0 Å². The van der Waals surface area contributed by atoms with Gasteiger partial charge in [-0.2, -0.15) is 0 Å². The largest absolute Gasteiger partial charge is 0.486 e. The molecule has 3 aromatic carbocycles. The minimum absolute atomic E-state index is 0.515. The van der Waals surface area contributed by atoms with Crippen LogP contribution in [-0.4, -0.2) is 36.4 Å². The molecule has 0 N–H and O–H groups in total. The highest BCUT2D eigenvalue weighted by Crippen LogP contribution is 2.43. The van der Waals surface area contributed by atoms with Crippen molar-refractivity contribution in [1.82, 2.24) is 9.97 Å². The highest BCUT2D eigenvalue weighted by molar-refractivity contribution is 7.14. The molecule has 8 rings (SSSR count). The lowest BCUT2D eigenvalue weighted by atomic mass is 10.00. The highest BCUT2D eigenvalue weighted by atomic mass is 32.1. The van der Waals surface area contributed by atoms with Crippen molar-refractivity contribution in [3.8, 4) is 66.4 Å². The first-order valence-corrected chi connectivity index (χ1v) is 14.8. The number of fused-ring (bicyclic) bond motifs is 3. The Morgan fingerprint density at radius 1 is 0.500 bits per heavy atom. The molecule has 0 saturated carbocycles. The standard InChI is InChI=1S/C32H22N2O4S2/c1-3-27(39-15-1)21-7-8-22(28-4-2-16-40-28)32-31(21)33-29(19-5-9-23-25(17-19)37-13-11-35-23)30(34-32)20-6-10-24-26(18-20)38-14-12-36-24/h1-10,15-18H,11-14H2. The van der Waals surface area contributed by atoms with Crippen LogP contribution < -0.4 is 18.9 Å². The number of rotatable bonds is 4. The maximum atomic E-state index is 5.94. The predicted molar refractivity (Wildman–Crippen MR) is 159 cm³/mol. The topological polar surface area (TPSA) is 62.7 Å². The van der Waals surface area contributed by atoms with E-state index in [1.807, 2.05) is 36.4 Å². The second-order valence-electron chi connectivity index (χ2n) is 9.45. The molecule has 0 bridgehead atoms. The van der Waals surface area contributed by atoms with E-state index in [4.69, 9.17) is 28.9 Å². The summed E-state index contributed by atoms with van der Waals surface area (Å²) in [5, 5.41) is 4.18. The van der Waals surface area contributed by atoms with Gasteiger partial charge in [0.05, 0.1) is 22.4 Å². The summed E-state index contributed by atoms with van der Waals surface area (Å²) in [5.41, 5.74) is 7.18. The number of thiophene rings is 2. The van der Waals surface area contributed by atoms with Crippen LogP contribution in [0.15, 0.2) is 83.6 Å². The van der Waals surface area contributed by atoms with Gasteiger partial charge in [-0.05, 0) is 59.3 Å². The number of nitrogens with zero attached hydrogens (tertiary/aromatic N) is 2. The minimum Gasteiger partial charge on any atom is -0.486 e. The molecule has 40 heavy (non-hydrogen) atoms. The Morgan fingerprint density at radius 3 is 1.38 bits per heavy atom. The first-order chi connectivity index (χ1) is 19.8. The summed E-state index contributed by atoms with van der Waals surface area (Å²) >= 11 is 3.40. The van der Waals surface area contributed by atoms with E-state index in [1.54, 1.807) is 22.7 Å². The average molecular weight is 563 g/mol. The molecule has 0 fully saturated rings. The third-order valence-corrected chi connectivity index (χ3v) is 8.83. The highest BCUT2D eigenvalue weighted by Gasteiger charge is 2.23. The fourth-order valence-electron chi connectivity index (χ4n) is 5.18. The van der Waals surface area contributed by atoms with Gasteiger partial charge in [-0.25, -0.2) is 9.97 Å². The number of ether oxygens (including phenoxy) is 4. The van der Waals surface area contributed by atoms with Gasteiger partial charge >= 0.3 is 0 Å². The first kappa shape index (κ1) is 23.5. The molecule has 2 aliphatic heterocycles. The van der Waals surface area contributed by atoms with Crippen LogP contribution >= 0.6 is 22.7 Å². The van der Waals surface area contributed by atoms with Gasteiger partial charge in [-0.1, -0.05) is 24.3 Å². The van der Waals surface area contributed by atoms with Gasteiger partial charge in [0.1, 0.15) is 26.4 Å². The molecule has 3 aromatic heterocycles. The average Bonchev–Trinajstić information content (AvgIpc) is 3.75. The van der Waals surface area contributed by atoms with Gasteiger partial charge in [-0.3, -0.25) is 0 Å². The van der Waals surface area contributed by atoms with Crippen molar-refractivity contribution in [2.75, 3.05) is 26.4 Å². The minimum atomic E-state index is 0.515. The molecule has 196 valence electrons. The molecule has 0 amide bonds. The fourth-order valence-corrected chi connectivity index (χ4v) is 6.69. The Kier molecular flexibility index (Phi) is 5.67. The molecule has 8 heteroatoms. The molecule has 5 heterocycles. The Morgan fingerprint density at radius 2 is 0.950 bits per heavy atom. The van der Waals surface area contributed by atoms with E-state index in [9.17, 15) is 0 Å². The molecule has 0 unspecified atom stereocenters. The zero-order valence-electron chi connectivity index (χ0n) is 21.3. The van der Waals surface area contributed by atoms with Crippen LogP contribution in [0.5, 0.6) is 23.0 Å². The number of hydrogen-bond donors (Lipinski definition) is 0. The van der Waals surface area contributed by atoms with E-state index in [1.165, 1.54) is 0 Å². The van der Waals surface area contributed by atoms with Crippen molar-refractivity contribution in [3.63, 3.8) is 0 Å². The monoisotopic (exact) mass is 562 g/mol. The molecule has 0 saturated heterocycles. The molecule has 6 aromatic rings. The number of aromatic nitrogens is 2. The smallest absolute Gasteiger partial charge is 0.162 e.